The van der Waals surface area contributed by atoms with E-state index in [9.17, 15) is 4.79 Å². The van der Waals surface area contributed by atoms with Crippen LogP contribution in [0.2, 0.25) is 0 Å². The standard InChI is InChI=1S/C20H31N3O2/c1-16-7-3-4-8-18(16)25-15-20(24)22(2)17-10-13-23(14-11-17)19-9-5-6-12-21-19/h5-6,9,12,16-18H,3-4,7-8,10-11,13-15H2,1-2H3/t16-,18+/m0/s1. The summed E-state index contributed by atoms with van der Waals surface area (Å²) in [5, 5.41) is 0. The summed E-state index contributed by atoms with van der Waals surface area (Å²) in [5.41, 5.74) is 0. The second-order valence-corrected chi connectivity index (χ2v) is 7.52. The summed E-state index contributed by atoms with van der Waals surface area (Å²) in [5.74, 6) is 1.73. The Labute approximate surface area is 151 Å². The normalized spacial score (nSPS) is 25.0. The number of hydrogen-bond donors (Lipinski definition) is 0. The summed E-state index contributed by atoms with van der Waals surface area (Å²) in [6.45, 7) is 4.36. The summed E-state index contributed by atoms with van der Waals surface area (Å²) in [6.07, 6.45) is 8.91. The van der Waals surface area contributed by atoms with Gasteiger partial charge in [0.1, 0.15) is 12.4 Å². The third-order valence-electron chi connectivity index (χ3n) is 5.83. The summed E-state index contributed by atoms with van der Waals surface area (Å²) in [7, 11) is 1.93. The number of carbonyl (C=O) groups is 1. The van der Waals surface area contributed by atoms with Crippen LogP contribution in [0.5, 0.6) is 0 Å². The average molecular weight is 345 g/mol. The number of piperidine rings is 1. The molecular formula is C20H31N3O2. The SMILES string of the molecule is C[C@H]1CCCC[C@H]1OCC(=O)N(C)C1CCN(c2ccccn2)CC1. The lowest BCUT2D eigenvalue weighted by Gasteiger charge is -2.37. The summed E-state index contributed by atoms with van der Waals surface area (Å²) in [6, 6.07) is 6.32. The Kier molecular flexibility index (Phi) is 6.29. The Morgan fingerprint density at radius 3 is 2.68 bits per heavy atom. The number of rotatable bonds is 5. The van der Waals surface area contributed by atoms with Crippen LogP contribution in [0.3, 0.4) is 0 Å². The molecule has 0 aromatic carbocycles. The fourth-order valence-electron chi connectivity index (χ4n) is 4.04. The van der Waals surface area contributed by atoms with Crippen molar-refractivity contribution < 1.29 is 9.53 Å². The monoisotopic (exact) mass is 345 g/mol. The van der Waals surface area contributed by atoms with E-state index < -0.39 is 0 Å². The van der Waals surface area contributed by atoms with Crippen molar-refractivity contribution in [1.82, 2.24) is 9.88 Å². The van der Waals surface area contributed by atoms with Crippen LogP contribution in [0.1, 0.15) is 45.4 Å². The molecule has 1 saturated heterocycles. The van der Waals surface area contributed by atoms with Gasteiger partial charge in [-0.25, -0.2) is 4.98 Å². The zero-order valence-corrected chi connectivity index (χ0v) is 15.6. The molecule has 1 aliphatic heterocycles. The molecule has 5 nitrogen and oxygen atoms in total. The number of aromatic nitrogens is 1. The molecule has 2 heterocycles. The highest BCUT2D eigenvalue weighted by atomic mass is 16.5. The van der Waals surface area contributed by atoms with E-state index in [1.165, 1.54) is 19.3 Å². The van der Waals surface area contributed by atoms with Gasteiger partial charge >= 0.3 is 0 Å². The smallest absolute Gasteiger partial charge is 0.248 e. The van der Waals surface area contributed by atoms with E-state index in [0.717, 1.165) is 38.2 Å². The van der Waals surface area contributed by atoms with Crippen LogP contribution in [0, 0.1) is 5.92 Å². The molecule has 5 heteroatoms. The van der Waals surface area contributed by atoms with E-state index in [4.69, 9.17) is 4.74 Å². The number of anilines is 1. The number of carbonyl (C=O) groups excluding carboxylic acids is 1. The quantitative estimate of drug-likeness (QED) is 0.823. The van der Waals surface area contributed by atoms with Gasteiger partial charge in [-0.3, -0.25) is 4.79 Å². The molecule has 0 N–H and O–H groups in total. The van der Waals surface area contributed by atoms with Crippen molar-refractivity contribution in [2.75, 3.05) is 31.6 Å². The van der Waals surface area contributed by atoms with Crippen LogP contribution < -0.4 is 4.90 Å². The molecule has 1 amide bonds. The van der Waals surface area contributed by atoms with E-state index in [1.807, 2.05) is 36.3 Å². The Morgan fingerprint density at radius 2 is 2.00 bits per heavy atom. The van der Waals surface area contributed by atoms with Gasteiger partial charge in [0.05, 0.1) is 6.10 Å². The molecule has 1 aromatic heterocycles. The summed E-state index contributed by atoms with van der Waals surface area (Å²) < 4.78 is 5.95. The zero-order valence-electron chi connectivity index (χ0n) is 15.6. The molecule has 3 rings (SSSR count). The topological polar surface area (TPSA) is 45.7 Å². The largest absolute Gasteiger partial charge is 0.368 e. The number of pyridine rings is 1. The maximum Gasteiger partial charge on any atom is 0.248 e. The van der Waals surface area contributed by atoms with Crippen LogP contribution in [-0.2, 0) is 9.53 Å². The van der Waals surface area contributed by atoms with Gasteiger partial charge in [0.15, 0.2) is 0 Å². The molecule has 2 fully saturated rings. The predicted octanol–water partition coefficient (Wildman–Crippen LogP) is 3.10. The molecule has 25 heavy (non-hydrogen) atoms. The maximum atomic E-state index is 12.5. The Hall–Kier alpha value is -1.62. The van der Waals surface area contributed by atoms with Gasteiger partial charge in [0.25, 0.3) is 0 Å². The molecule has 2 aliphatic rings. The second-order valence-electron chi connectivity index (χ2n) is 7.52. The highest BCUT2D eigenvalue weighted by molar-refractivity contribution is 5.77. The Balaban J connectivity index is 1.43. The van der Waals surface area contributed by atoms with Crippen molar-refractivity contribution in [2.24, 2.45) is 5.92 Å². The van der Waals surface area contributed by atoms with Gasteiger partial charge in [-0.15, -0.1) is 0 Å². The fraction of sp³-hybridized carbons (Fsp3) is 0.700. The molecule has 0 spiro atoms. The number of hydrogen-bond acceptors (Lipinski definition) is 4. The van der Waals surface area contributed by atoms with Crippen LogP contribution in [0.15, 0.2) is 24.4 Å². The van der Waals surface area contributed by atoms with Crippen LogP contribution in [0.4, 0.5) is 5.82 Å². The van der Waals surface area contributed by atoms with Crippen molar-refractivity contribution in [3.8, 4) is 0 Å². The highest BCUT2D eigenvalue weighted by Gasteiger charge is 2.27. The number of nitrogens with zero attached hydrogens (tertiary/aromatic N) is 3. The number of likely N-dealkylation sites (N-methyl/N-ethyl adjacent to an activating group) is 1. The van der Waals surface area contributed by atoms with Gasteiger partial charge in [-0.1, -0.05) is 25.8 Å². The summed E-state index contributed by atoms with van der Waals surface area (Å²) >= 11 is 0. The van der Waals surface area contributed by atoms with E-state index in [-0.39, 0.29) is 18.6 Å². The molecule has 1 aliphatic carbocycles. The first-order valence-corrected chi connectivity index (χ1v) is 9.68. The maximum absolute atomic E-state index is 12.5. The van der Waals surface area contributed by atoms with Crippen molar-refractivity contribution in [2.45, 2.75) is 57.6 Å². The van der Waals surface area contributed by atoms with Crippen molar-refractivity contribution >= 4 is 11.7 Å². The minimum absolute atomic E-state index is 0.119. The average Bonchev–Trinajstić information content (AvgIpc) is 2.67. The lowest BCUT2D eigenvalue weighted by atomic mass is 9.88. The lowest BCUT2D eigenvalue weighted by molar-refractivity contribution is -0.141. The predicted molar refractivity (Wildman–Crippen MR) is 99.6 cm³/mol. The first kappa shape index (κ1) is 18.2. The van der Waals surface area contributed by atoms with E-state index in [1.54, 1.807) is 0 Å². The van der Waals surface area contributed by atoms with Crippen molar-refractivity contribution in [3.63, 3.8) is 0 Å². The van der Waals surface area contributed by atoms with E-state index in [2.05, 4.69) is 16.8 Å². The van der Waals surface area contributed by atoms with Gasteiger partial charge in [0.2, 0.25) is 5.91 Å². The third kappa shape index (κ3) is 4.72. The molecule has 1 saturated carbocycles. The second kappa shape index (κ2) is 8.65. The van der Waals surface area contributed by atoms with Crippen molar-refractivity contribution in [3.05, 3.63) is 24.4 Å². The Bertz CT molecular complexity index is 543. The fourth-order valence-corrected chi connectivity index (χ4v) is 4.04. The highest BCUT2D eigenvalue weighted by Crippen LogP contribution is 2.26. The molecule has 0 radical (unpaired) electrons. The van der Waals surface area contributed by atoms with Crippen molar-refractivity contribution in [1.29, 1.82) is 0 Å². The first-order chi connectivity index (χ1) is 12.1. The molecule has 1 aromatic rings. The Morgan fingerprint density at radius 1 is 1.24 bits per heavy atom. The van der Waals surface area contributed by atoms with E-state index in [0.29, 0.717) is 12.0 Å². The van der Waals surface area contributed by atoms with Crippen LogP contribution in [-0.4, -0.2) is 54.7 Å². The molecule has 2 atom stereocenters. The lowest BCUT2D eigenvalue weighted by Crippen LogP contribution is -2.47. The number of ether oxygens (including phenoxy) is 1. The summed E-state index contributed by atoms with van der Waals surface area (Å²) in [4.78, 5) is 21.1. The molecule has 0 bridgehead atoms. The van der Waals surface area contributed by atoms with Gasteiger partial charge in [0, 0.05) is 32.4 Å². The van der Waals surface area contributed by atoms with Crippen LogP contribution in [0.25, 0.3) is 0 Å². The molecule has 138 valence electrons. The zero-order chi connectivity index (χ0) is 17.6. The van der Waals surface area contributed by atoms with Crippen LogP contribution >= 0.6 is 0 Å². The minimum atomic E-state index is 0.119. The van der Waals surface area contributed by atoms with Gasteiger partial charge in [-0.2, -0.15) is 0 Å². The van der Waals surface area contributed by atoms with Gasteiger partial charge < -0.3 is 14.5 Å². The molecule has 0 unspecified atom stereocenters. The third-order valence-corrected chi connectivity index (χ3v) is 5.83. The first-order valence-electron chi connectivity index (χ1n) is 9.68. The number of amides is 1. The van der Waals surface area contributed by atoms with E-state index >= 15 is 0 Å². The molecular weight excluding hydrogens is 314 g/mol. The minimum Gasteiger partial charge on any atom is -0.368 e. The van der Waals surface area contributed by atoms with Gasteiger partial charge in [-0.05, 0) is 43.7 Å².